The third-order valence-electron chi connectivity index (χ3n) is 7.48. The summed E-state index contributed by atoms with van der Waals surface area (Å²) in [5, 5.41) is 1.29. The smallest absolute Gasteiger partial charge is 0.180 e. The Hall–Kier alpha value is -2.92. The Balaban J connectivity index is 1.70. The second kappa shape index (κ2) is 7.79. The lowest BCUT2D eigenvalue weighted by molar-refractivity contribution is -0.118. The van der Waals surface area contributed by atoms with Crippen molar-refractivity contribution in [1.29, 1.82) is 0 Å². The summed E-state index contributed by atoms with van der Waals surface area (Å²) in [6.07, 6.45) is 3.72. The van der Waals surface area contributed by atoms with Crippen molar-refractivity contribution < 1.29 is 14.4 Å². The van der Waals surface area contributed by atoms with Crippen LogP contribution in [0.25, 0.3) is 6.08 Å². The Morgan fingerprint density at radius 1 is 0.886 bits per heavy atom. The molecular weight excluding hydrogens is 505 g/mol. The van der Waals surface area contributed by atoms with Gasteiger partial charge in [0, 0.05) is 37.8 Å². The van der Waals surface area contributed by atoms with Gasteiger partial charge in [0.15, 0.2) is 17.3 Å². The van der Waals surface area contributed by atoms with Crippen molar-refractivity contribution in [2.45, 2.75) is 24.9 Å². The number of carbonyl (C=O) groups is 3. The molecule has 174 valence electrons. The van der Waals surface area contributed by atoms with E-state index in [9.17, 15) is 14.4 Å². The van der Waals surface area contributed by atoms with E-state index in [0.29, 0.717) is 31.8 Å². The number of rotatable bonds is 2. The quantitative estimate of drug-likeness (QED) is 0.353. The molecule has 3 aromatic rings. The molecule has 1 fully saturated rings. The lowest BCUT2D eigenvalue weighted by Crippen LogP contribution is -2.48. The van der Waals surface area contributed by atoms with Crippen molar-refractivity contribution in [3.63, 3.8) is 0 Å². The molecule has 7 heteroatoms. The first-order chi connectivity index (χ1) is 16.8. The lowest BCUT2D eigenvalue weighted by atomic mass is 9.64. The molecule has 1 saturated heterocycles. The molecule has 0 aromatic heterocycles. The van der Waals surface area contributed by atoms with Gasteiger partial charge in [-0.2, -0.15) is 0 Å². The van der Waals surface area contributed by atoms with Crippen LogP contribution >= 0.6 is 34.8 Å². The number of carbonyl (C=O) groups excluding carboxylic acids is 3. The highest BCUT2D eigenvalue weighted by atomic mass is 35.5. The van der Waals surface area contributed by atoms with Crippen LogP contribution in [-0.4, -0.2) is 29.4 Å². The maximum absolute atomic E-state index is 14.3. The van der Waals surface area contributed by atoms with Gasteiger partial charge in [-0.3, -0.25) is 14.4 Å². The molecular formula is C28H18Cl3NO3. The fourth-order valence-electron chi connectivity index (χ4n) is 6.20. The van der Waals surface area contributed by atoms with Gasteiger partial charge in [0.2, 0.25) is 0 Å². The predicted molar refractivity (Wildman–Crippen MR) is 138 cm³/mol. The number of hydrogen-bond donors (Lipinski definition) is 0. The van der Waals surface area contributed by atoms with Gasteiger partial charge in [0.1, 0.15) is 5.41 Å². The largest absolute Gasteiger partial charge is 0.352 e. The van der Waals surface area contributed by atoms with Gasteiger partial charge >= 0.3 is 0 Å². The summed E-state index contributed by atoms with van der Waals surface area (Å²) in [4.78, 5) is 43.9. The molecule has 0 amide bonds. The summed E-state index contributed by atoms with van der Waals surface area (Å²) in [7, 11) is 0. The summed E-state index contributed by atoms with van der Waals surface area (Å²) in [5.41, 5.74) is 1.27. The van der Waals surface area contributed by atoms with Gasteiger partial charge < -0.3 is 4.90 Å². The Morgan fingerprint density at radius 2 is 1.51 bits per heavy atom. The van der Waals surface area contributed by atoms with Crippen LogP contribution in [-0.2, 0) is 4.79 Å². The highest BCUT2D eigenvalue weighted by Gasteiger charge is 2.71. The second-order valence-corrected chi connectivity index (χ2v) is 10.5. The first-order valence-electron chi connectivity index (χ1n) is 11.2. The number of benzene rings is 3. The molecule has 0 unspecified atom stereocenters. The van der Waals surface area contributed by atoms with Crippen molar-refractivity contribution in [3.8, 4) is 0 Å². The number of nitrogens with zero attached hydrogens (tertiary/aromatic N) is 1. The van der Waals surface area contributed by atoms with Crippen LogP contribution in [0.3, 0.4) is 0 Å². The van der Waals surface area contributed by atoms with Crippen LogP contribution in [0.4, 0.5) is 5.69 Å². The third-order valence-corrected chi connectivity index (χ3v) is 8.28. The molecule has 4 nitrogen and oxygen atoms in total. The van der Waals surface area contributed by atoms with Gasteiger partial charge in [0.05, 0.1) is 12.1 Å². The van der Waals surface area contributed by atoms with Crippen molar-refractivity contribution in [2.24, 2.45) is 5.41 Å². The van der Waals surface area contributed by atoms with Crippen LogP contribution in [0.1, 0.15) is 44.7 Å². The maximum Gasteiger partial charge on any atom is 0.180 e. The highest BCUT2D eigenvalue weighted by molar-refractivity contribution is 6.36. The molecule has 0 bridgehead atoms. The normalized spacial score (nSPS) is 23.4. The number of Topliss-reactive ketones (excluding diaryl/α,β-unsaturated/α-hetero) is 3. The fourth-order valence-corrected chi connectivity index (χ4v) is 6.90. The molecule has 6 rings (SSSR count). The summed E-state index contributed by atoms with van der Waals surface area (Å²) < 4.78 is 0. The summed E-state index contributed by atoms with van der Waals surface area (Å²) in [5.74, 6) is -1.59. The van der Waals surface area contributed by atoms with E-state index >= 15 is 0 Å². The van der Waals surface area contributed by atoms with Gasteiger partial charge in [-0.25, -0.2) is 0 Å². The average Bonchev–Trinajstić information content (AvgIpc) is 3.26. The van der Waals surface area contributed by atoms with Crippen LogP contribution in [0.2, 0.25) is 15.1 Å². The Bertz CT molecular complexity index is 1460. The molecule has 35 heavy (non-hydrogen) atoms. The summed E-state index contributed by atoms with van der Waals surface area (Å²) in [6, 6.07) is 15.7. The predicted octanol–water partition coefficient (Wildman–Crippen LogP) is 6.67. The number of halogens is 3. The number of ketones is 3. The van der Waals surface area contributed by atoms with Crippen LogP contribution < -0.4 is 4.90 Å². The Morgan fingerprint density at radius 3 is 2.14 bits per heavy atom. The zero-order chi connectivity index (χ0) is 24.6. The average molecular weight is 523 g/mol. The van der Waals surface area contributed by atoms with Crippen molar-refractivity contribution in [2.75, 3.05) is 4.90 Å². The topological polar surface area (TPSA) is 54.5 Å². The second-order valence-electron chi connectivity index (χ2n) is 9.19. The molecule has 2 aliphatic heterocycles. The lowest BCUT2D eigenvalue weighted by Gasteiger charge is -2.37. The van der Waals surface area contributed by atoms with E-state index in [1.807, 2.05) is 29.2 Å². The minimum absolute atomic E-state index is 0.171. The van der Waals surface area contributed by atoms with Crippen LogP contribution in [0.15, 0.2) is 66.7 Å². The maximum atomic E-state index is 14.3. The molecule has 1 aliphatic carbocycles. The molecule has 3 aromatic carbocycles. The van der Waals surface area contributed by atoms with Crippen LogP contribution in [0.5, 0.6) is 0 Å². The van der Waals surface area contributed by atoms with Gasteiger partial charge in [0.25, 0.3) is 0 Å². The fraction of sp³-hybridized carbons (Fsp3) is 0.179. The molecule has 2 heterocycles. The van der Waals surface area contributed by atoms with Gasteiger partial charge in [-0.1, -0.05) is 77.3 Å². The van der Waals surface area contributed by atoms with E-state index < -0.39 is 23.4 Å². The standard InChI is InChI=1S/C28H18Cl3NO3/c1-14(33)25-24(20-9-7-17(30)13-21(20)31)28(26(34)18-4-2-3-5-19(18)27(28)35)23-11-6-15-12-16(29)8-10-22(15)32(23)25/h2-13,23-25H,1H3/t23-,24+,25+/m0/s1. The monoisotopic (exact) mass is 521 g/mol. The van der Waals surface area contributed by atoms with Crippen molar-refractivity contribution in [1.82, 2.24) is 0 Å². The SMILES string of the molecule is CC(=O)[C@@H]1[C@@H](c2ccc(Cl)cc2Cl)C2(C(=O)c3ccccc3C2=O)[C@@H]2C=Cc3cc(Cl)ccc3N12. The van der Waals surface area contributed by atoms with E-state index in [1.54, 1.807) is 48.5 Å². The third kappa shape index (κ3) is 2.91. The summed E-state index contributed by atoms with van der Waals surface area (Å²) in [6.45, 7) is 1.49. The Labute approximate surface area is 217 Å². The number of hydrogen-bond acceptors (Lipinski definition) is 4. The molecule has 0 N–H and O–H groups in total. The molecule has 3 aliphatic rings. The van der Waals surface area contributed by atoms with E-state index in [0.717, 1.165) is 11.3 Å². The van der Waals surface area contributed by atoms with Gasteiger partial charge in [-0.05, 0) is 48.4 Å². The zero-order valence-electron chi connectivity index (χ0n) is 18.5. The van der Waals surface area contributed by atoms with E-state index in [4.69, 9.17) is 34.8 Å². The summed E-state index contributed by atoms with van der Waals surface area (Å²) >= 11 is 19.1. The van der Waals surface area contributed by atoms with E-state index in [2.05, 4.69) is 0 Å². The van der Waals surface area contributed by atoms with Crippen molar-refractivity contribution in [3.05, 3.63) is 104 Å². The van der Waals surface area contributed by atoms with E-state index in [1.165, 1.54) is 6.92 Å². The number of fused-ring (bicyclic) bond motifs is 5. The number of anilines is 1. The minimum atomic E-state index is -1.56. The highest BCUT2D eigenvalue weighted by Crippen LogP contribution is 2.61. The zero-order valence-corrected chi connectivity index (χ0v) is 20.7. The first kappa shape index (κ1) is 22.5. The molecule has 0 radical (unpaired) electrons. The minimum Gasteiger partial charge on any atom is -0.352 e. The van der Waals surface area contributed by atoms with E-state index in [-0.39, 0.29) is 17.3 Å². The van der Waals surface area contributed by atoms with Crippen molar-refractivity contribution >= 4 is 63.9 Å². The Kier molecular flexibility index (Phi) is 5.02. The molecule has 1 spiro atoms. The van der Waals surface area contributed by atoms with Gasteiger partial charge in [-0.15, -0.1) is 0 Å². The first-order valence-corrected chi connectivity index (χ1v) is 12.3. The molecule has 0 saturated carbocycles. The molecule has 3 atom stereocenters. The van der Waals surface area contributed by atoms with Crippen LogP contribution in [0, 0.1) is 5.41 Å².